The van der Waals surface area contributed by atoms with Gasteiger partial charge in [0.15, 0.2) is 8.32 Å². The second-order valence-electron chi connectivity index (χ2n) is 7.91. The summed E-state index contributed by atoms with van der Waals surface area (Å²) in [5, 5.41) is 0.322. The molecule has 1 aliphatic rings. The Bertz CT molecular complexity index is 262. The maximum absolute atomic E-state index is 6.49. The van der Waals surface area contributed by atoms with Crippen LogP contribution < -0.4 is 0 Å². The Labute approximate surface area is 109 Å². The quantitative estimate of drug-likeness (QED) is 0.696. The van der Waals surface area contributed by atoms with E-state index >= 15 is 0 Å². The summed E-state index contributed by atoms with van der Waals surface area (Å²) in [6.45, 7) is 20.8. The SMILES string of the molecule is CC(C)(C)N1CC[C@H](O[Si](C)(C)C(C)(C)C)C1. The highest BCUT2D eigenvalue weighted by atomic mass is 28.4. The zero-order chi connectivity index (χ0) is 13.5. The van der Waals surface area contributed by atoms with Gasteiger partial charge in [-0.2, -0.15) is 0 Å². The molecule has 0 bridgehead atoms. The molecule has 0 aromatic rings. The van der Waals surface area contributed by atoms with Crippen LogP contribution in [0.25, 0.3) is 0 Å². The van der Waals surface area contributed by atoms with Crippen LogP contribution in [-0.4, -0.2) is 37.9 Å². The van der Waals surface area contributed by atoms with E-state index in [1.54, 1.807) is 0 Å². The van der Waals surface area contributed by atoms with Crippen molar-refractivity contribution < 1.29 is 4.43 Å². The molecule has 1 saturated heterocycles. The number of rotatable bonds is 2. The Morgan fingerprint density at radius 3 is 1.94 bits per heavy atom. The molecular weight excluding hydrogens is 226 g/mol. The van der Waals surface area contributed by atoms with Crippen molar-refractivity contribution in [3.05, 3.63) is 0 Å². The molecular formula is C14H31NOSi. The molecule has 17 heavy (non-hydrogen) atoms. The third-order valence-corrected chi connectivity index (χ3v) is 8.90. The fourth-order valence-electron chi connectivity index (χ4n) is 2.03. The highest BCUT2D eigenvalue weighted by molar-refractivity contribution is 6.74. The van der Waals surface area contributed by atoms with Gasteiger partial charge in [0.05, 0.1) is 6.10 Å². The first kappa shape index (κ1) is 15.2. The van der Waals surface area contributed by atoms with Gasteiger partial charge in [0.1, 0.15) is 0 Å². The van der Waals surface area contributed by atoms with Crippen LogP contribution in [0.3, 0.4) is 0 Å². The number of hydrogen-bond donors (Lipinski definition) is 0. The lowest BCUT2D eigenvalue weighted by atomic mass is 10.1. The summed E-state index contributed by atoms with van der Waals surface area (Å²) in [7, 11) is -1.59. The van der Waals surface area contributed by atoms with Gasteiger partial charge in [-0.15, -0.1) is 0 Å². The monoisotopic (exact) mass is 257 g/mol. The smallest absolute Gasteiger partial charge is 0.192 e. The second-order valence-corrected chi connectivity index (χ2v) is 12.7. The summed E-state index contributed by atoms with van der Waals surface area (Å²) in [6.07, 6.45) is 1.65. The van der Waals surface area contributed by atoms with Crippen molar-refractivity contribution in [3.63, 3.8) is 0 Å². The minimum Gasteiger partial charge on any atom is -0.413 e. The van der Waals surface area contributed by atoms with E-state index in [4.69, 9.17) is 4.43 Å². The Morgan fingerprint density at radius 1 is 1.06 bits per heavy atom. The van der Waals surface area contributed by atoms with Gasteiger partial charge in [0, 0.05) is 18.6 Å². The van der Waals surface area contributed by atoms with Crippen LogP contribution in [0.5, 0.6) is 0 Å². The van der Waals surface area contributed by atoms with Gasteiger partial charge >= 0.3 is 0 Å². The van der Waals surface area contributed by atoms with E-state index < -0.39 is 8.32 Å². The third-order valence-electron chi connectivity index (χ3n) is 4.36. The van der Waals surface area contributed by atoms with Crippen LogP contribution in [0.1, 0.15) is 48.0 Å². The van der Waals surface area contributed by atoms with E-state index in [1.165, 1.54) is 13.0 Å². The third kappa shape index (κ3) is 3.80. The van der Waals surface area contributed by atoms with E-state index in [9.17, 15) is 0 Å². The second kappa shape index (κ2) is 4.67. The fraction of sp³-hybridized carbons (Fsp3) is 1.00. The summed E-state index contributed by atoms with van der Waals surface area (Å²) in [4.78, 5) is 2.55. The van der Waals surface area contributed by atoms with Crippen molar-refractivity contribution >= 4 is 8.32 Å². The normalized spacial score (nSPS) is 24.4. The summed E-state index contributed by atoms with van der Waals surface area (Å²) in [6, 6.07) is 0. The lowest BCUT2D eigenvalue weighted by molar-refractivity contribution is 0.133. The van der Waals surface area contributed by atoms with Crippen LogP contribution in [-0.2, 0) is 4.43 Å². The molecule has 1 aliphatic heterocycles. The van der Waals surface area contributed by atoms with Crippen molar-refractivity contribution in [2.75, 3.05) is 13.1 Å². The highest BCUT2D eigenvalue weighted by Gasteiger charge is 2.41. The molecule has 1 rings (SSSR count). The number of likely N-dealkylation sites (tertiary alicyclic amines) is 1. The molecule has 1 fully saturated rings. The number of nitrogens with zero attached hydrogens (tertiary/aromatic N) is 1. The van der Waals surface area contributed by atoms with Gasteiger partial charge in [-0.1, -0.05) is 20.8 Å². The molecule has 3 heteroatoms. The molecule has 102 valence electrons. The average Bonchev–Trinajstić information content (AvgIpc) is 2.48. The van der Waals surface area contributed by atoms with Crippen molar-refractivity contribution in [2.24, 2.45) is 0 Å². The maximum Gasteiger partial charge on any atom is 0.192 e. The van der Waals surface area contributed by atoms with Gasteiger partial charge in [-0.25, -0.2) is 0 Å². The minimum absolute atomic E-state index is 0.283. The zero-order valence-electron chi connectivity index (χ0n) is 13.1. The van der Waals surface area contributed by atoms with Crippen LogP contribution in [0, 0.1) is 0 Å². The highest BCUT2D eigenvalue weighted by Crippen LogP contribution is 2.38. The van der Waals surface area contributed by atoms with Gasteiger partial charge in [-0.3, -0.25) is 4.90 Å². The summed E-state index contributed by atoms with van der Waals surface area (Å²) in [5.41, 5.74) is 0.283. The van der Waals surface area contributed by atoms with E-state index in [2.05, 4.69) is 59.5 Å². The van der Waals surface area contributed by atoms with Gasteiger partial charge in [0.25, 0.3) is 0 Å². The Hall–Kier alpha value is 0.137. The van der Waals surface area contributed by atoms with Crippen molar-refractivity contribution in [2.45, 2.75) is 77.7 Å². The largest absolute Gasteiger partial charge is 0.413 e. The summed E-state index contributed by atoms with van der Waals surface area (Å²) < 4.78 is 6.49. The molecule has 0 spiro atoms. The molecule has 0 aliphatic carbocycles. The molecule has 1 heterocycles. The summed E-state index contributed by atoms with van der Waals surface area (Å²) >= 11 is 0. The summed E-state index contributed by atoms with van der Waals surface area (Å²) in [5.74, 6) is 0. The van der Waals surface area contributed by atoms with E-state index in [0.29, 0.717) is 11.1 Å². The van der Waals surface area contributed by atoms with E-state index in [0.717, 1.165) is 6.54 Å². The Kier molecular flexibility index (Phi) is 4.17. The first-order valence-corrected chi connectivity index (χ1v) is 9.77. The van der Waals surface area contributed by atoms with Crippen molar-refractivity contribution in [1.82, 2.24) is 4.90 Å². The zero-order valence-corrected chi connectivity index (χ0v) is 14.1. The standard InChI is InChI=1S/C14H31NOSi/c1-13(2,3)15-10-9-12(11-15)16-17(7,8)14(4,5)6/h12H,9-11H2,1-8H3/t12-/m0/s1. The van der Waals surface area contributed by atoms with Crippen LogP contribution >= 0.6 is 0 Å². The first-order chi connectivity index (χ1) is 7.43. The predicted molar refractivity (Wildman–Crippen MR) is 78.0 cm³/mol. The maximum atomic E-state index is 6.49. The molecule has 0 aromatic carbocycles. The number of hydrogen-bond acceptors (Lipinski definition) is 2. The van der Waals surface area contributed by atoms with Crippen molar-refractivity contribution in [3.8, 4) is 0 Å². The predicted octanol–water partition coefficient (Wildman–Crippen LogP) is 3.88. The van der Waals surface area contributed by atoms with Gasteiger partial charge in [0.2, 0.25) is 0 Å². The van der Waals surface area contributed by atoms with Crippen LogP contribution in [0.4, 0.5) is 0 Å². The molecule has 1 atom stereocenters. The molecule has 0 N–H and O–H groups in total. The van der Waals surface area contributed by atoms with Crippen LogP contribution in [0.2, 0.25) is 18.1 Å². The Morgan fingerprint density at radius 2 is 1.59 bits per heavy atom. The average molecular weight is 257 g/mol. The Balaban J connectivity index is 2.57. The van der Waals surface area contributed by atoms with Gasteiger partial charge < -0.3 is 4.43 Å². The fourth-order valence-corrected chi connectivity index (χ4v) is 3.41. The molecule has 2 nitrogen and oxygen atoms in total. The first-order valence-electron chi connectivity index (χ1n) is 6.86. The van der Waals surface area contributed by atoms with Gasteiger partial charge in [-0.05, 0) is 45.3 Å². The molecule has 0 radical (unpaired) electrons. The van der Waals surface area contributed by atoms with Crippen molar-refractivity contribution in [1.29, 1.82) is 0 Å². The lowest BCUT2D eigenvalue weighted by Gasteiger charge is -2.39. The molecule has 0 unspecified atom stereocenters. The van der Waals surface area contributed by atoms with E-state index in [1.807, 2.05) is 0 Å². The topological polar surface area (TPSA) is 12.5 Å². The molecule has 0 saturated carbocycles. The van der Waals surface area contributed by atoms with Crippen LogP contribution in [0.15, 0.2) is 0 Å². The molecule has 0 aromatic heterocycles. The molecule has 0 amide bonds. The van der Waals surface area contributed by atoms with E-state index in [-0.39, 0.29) is 5.54 Å². The minimum atomic E-state index is -1.59. The lowest BCUT2D eigenvalue weighted by Crippen LogP contribution is -2.46.